The molecule has 100 valence electrons. The lowest BCUT2D eigenvalue weighted by Gasteiger charge is -2.34. The van der Waals surface area contributed by atoms with Gasteiger partial charge >= 0.3 is 0 Å². The second-order valence-corrected chi connectivity index (χ2v) is 6.33. The highest BCUT2D eigenvalue weighted by Gasteiger charge is 2.37. The summed E-state index contributed by atoms with van der Waals surface area (Å²) in [6.07, 6.45) is 5.32. The third kappa shape index (κ3) is 2.57. The number of halogens is 1. The Bertz CT molecular complexity index is 413. The molecule has 1 aliphatic carbocycles. The first-order valence-corrected chi connectivity index (χ1v) is 7.41. The van der Waals surface area contributed by atoms with Gasteiger partial charge < -0.3 is 10.1 Å². The molecular weight excluding hydrogens is 290 g/mol. The fraction of sp³-hybridized carbons (Fsp3) is 0.600. The molecule has 0 aliphatic heterocycles. The van der Waals surface area contributed by atoms with Crippen molar-refractivity contribution in [2.24, 2.45) is 5.41 Å². The Morgan fingerprint density at radius 2 is 2.00 bits per heavy atom. The molecule has 1 aromatic carbocycles. The minimum atomic E-state index is 0.378. The zero-order valence-electron chi connectivity index (χ0n) is 11.4. The third-order valence-electron chi connectivity index (χ3n) is 4.24. The number of nitrogens with one attached hydrogen (secondary N) is 1. The molecule has 0 heterocycles. The first kappa shape index (κ1) is 13.9. The van der Waals surface area contributed by atoms with Crippen LogP contribution in [0.25, 0.3) is 0 Å². The third-order valence-corrected chi connectivity index (χ3v) is 4.86. The van der Waals surface area contributed by atoms with Crippen LogP contribution in [0.15, 0.2) is 22.7 Å². The summed E-state index contributed by atoms with van der Waals surface area (Å²) in [7, 11) is 3.76. The van der Waals surface area contributed by atoms with Crippen molar-refractivity contribution in [3.05, 3.63) is 28.2 Å². The fourth-order valence-corrected chi connectivity index (χ4v) is 3.81. The van der Waals surface area contributed by atoms with Crippen LogP contribution in [0.1, 0.15) is 44.2 Å². The smallest absolute Gasteiger partial charge is 0.133 e. The number of hydrogen-bond donors (Lipinski definition) is 1. The summed E-state index contributed by atoms with van der Waals surface area (Å²) in [5.74, 6) is 0.894. The molecule has 1 aliphatic rings. The fourth-order valence-electron chi connectivity index (χ4n) is 3.25. The van der Waals surface area contributed by atoms with Crippen molar-refractivity contribution in [3.63, 3.8) is 0 Å². The van der Waals surface area contributed by atoms with Crippen LogP contribution in [0.5, 0.6) is 5.75 Å². The van der Waals surface area contributed by atoms with Gasteiger partial charge in [-0.3, -0.25) is 0 Å². The molecule has 0 radical (unpaired) electrons. The standard InChI is InChI=1S/C15H22BrNO/c1-15(8-4-5-9-15)14(17-2)11-6-7-13(18-3)12(16)10-11/h6-7,10,14,17H,4-5,8-9H2,1-3H3. The first-order chi connectivity index (χ1) is 8.60. The molecule has 0 saturated heterocycles. The average molecular weight is 312 g/mol. The minimum absolute atomic E-state index is 0.378. The molecule has 0 amide bonds. The molecule has 0 bridgehead atoms. The molecule has 0 spiro atoms. The van der Waals surface area contributed by atoms with Gasteiger partial charge in [0.15, 0.2) is 0 Å². The van der Waals surface area contributed by atoms with E-state index in [4.69, 9.17) is 4.74 Å². The van der Waals surface area contributed by atoms with E-state index in [0.717, 1.165) is 10.2 Å². The summed E-state index contributed by atoms with van der Waals surface area (Å²) in [5.41, 5.74) is 1.72. The second kappa shape index (κ2) is 5.62. The maximum atomic E-state index is 5.30. The topological polar surface area (TPSA) is 21.3 Å². The predicted molar refractivity (Wildman–Crippen MR) is 79.1 cm³/mol. The van der Waals surface area contributed by atoms with Crippen molar-refractivity contribution in [3.8, 4) is 5.75 Å². The van der Waals surface area contributed by atoms with Crippen molar-refractivity contribution in [1.82, 2.24) is 5.32 Å². The first-order valence-electron chi connectivity index (χ1n) is 6.61. The lowest BCUT2D eigenvalue weighted by molar-refractivity contribution is 0.233. The van der Waals surface area contributed by atoms with Crippen LogP contribution >= 0.6 is 15.9 Å². The lowest BCUT2D eigenvalue weighted by Crippen LogP contribution is -2.32. The summed E-state index contributed by atoms with van der Waals surface area (Å²) in [6.45, 7) is 2.40. The van der Waals surface area contributed by atoms with Crippen LogP contribution in [-0.2, 0) is 0 Å². The number of ether oxygens (including phenoxy) is 1. The van der Waals surface area contributed by atoms with E-state index in [1.807, 2.05) is 6.07 Å². The molecule has 1 unspecified atom stereocenters. The quantitative estimate of drug-likeness (QED) is 0.895. The molecule has 1 fully saturated rings. The van der Waals surface area contributed by atoms with E-state index < -0.39 is 0 Å². The van der Waals surface area contributed by atoms with E-state index >= 15 is 0 Å². The van der Waals surface area contributed by atoms with Gasteiger partial charge in [-0.05, 0) is 58.9 Å². The molecule has 0 aromatic heterocycles. The molecule has 2 nitrogen and oxygen atoms in total. The molecule has 1 N–H and O–H groups in total. The highest BCUT2D eigenvalue weighted by Crippen LogP contribution is 2.47. The van der Waals surface area contributed by atoms with Crippen molar-refractivity contribution >= 4 is 15.9 Å². The Labute approximate surface area is 118 Å². The summed E-state index contributed by atoms with van der Waals surface area (Å²) in [5, 5.41) is 3.50. The summed E-state index contributed by atoms with van der Waals surface area (Å²) in [4.78, 5) is 0. The van der Waals surface area contributed by atoms with Crippen molar-refractivity contribution in [1.29, 1.82) is 0 Å². The van der Waals surface area contributed by atoms with Gasteiger partial charge in [-0.15, -0.1) is 0 Å². The predicted octanol–water partition coefficient (Wildman–Crippen LogP) is 4.30. The zero-order valence-corrected chi connectivity index (χ0v) is 13.0. The van der Waals surface area contributed by atoms with Gasteiger partial charge in [0.1, 0.15) is 5.75 Å². The average Bonchev–Trinajstić information content (AvgIpc) is 2.78. The largest absolute Gasteiger partial charge is 0.496 e. The highest BCUT2D eigenvalue weighted by molar-refractivity contribution is 9.10. The molecular formula is C15H22BrNO. The SMILES string of the molecule is CNC(c1ccc(OC)c(Br)c1)C1(C)CCCC1. The van der Waals surface area contributed by atoms with Gasteiger partial charge in [0.25, 0.3) is 0 Å². The maximum absolute atomic E-state index is 5.30. The van der Waals surface area contributed by atoms with E-state index in [0.29, 0.717) is 11.5 Å². The monoisotopic (exact) mass is 311 g/mol. The minimum Gasteiger partial charge on any atom is -0.496 e. The van der Waals surface area contributed by atoms with E-state index in [1.54, 1.807) is 7.11 Å². The van der Waals surface area contributed by atoms with Gasteiger partial charge in [-0.2, -0.15) is 0 Å². The van der Waals surface area contributed by atoms with Gasteiger partial charge in [-0.1, -0.05) is 25.8 Å². The van der Waals surface area contributed by atoms with E-state index in [2.05, 4.69) is 47.4 Å². The molecule has 2 rings (SSSR count). The number of benzene rings is 1. The van der Waals surface area contributed by atoms with Gasteiger partial charge in [0.05, 0.1) is 11.6 Å². The van der Waals surface area contributed by atoms with Crippen LogP contribution in [0.2, 0.25) is 0 Å². The Morgan fingerprint density at radius 3 is 2.50 bits per heavy atom. The Balaban J connectivity index is 2.30. The lowest BCUT2D eigenvalue weighted by atomic mass is 9.77. The Kier molecular flexibility index (Phi) is 4.33. The maximum Gasteiger partial charge on any atom is 0.133 e. The molecule has 1 atom stereocenters. The summed E-state index contributed by atoms with van der Waals surface area (Å²) in [6, 6.07) is 6.82. The van der Waals surface area contributed by atoms with Crippen molar-refractivity contribution in [2.45, 2.75) is 38.6 Å². The Hall–Kier alpha value is -0.540. The van der Waals surface area contributed by atoms with E-state index in [-0.39, 0.29) is 0 Å². The highest BCUT2D eigenvalue weighted by atomic mass is 79.9. The van der Waals surface area contributed by atoms with Crippen molar-refractivity contribution in [2.75, 3.05) is 14.2 Å². The summed E-state index contributed by atoms with van der Waals surface area (Å²) < 4.78 is 6.33. The van der Waals surface area contributed by atoms with Crippen LogP contribution in [0, 0.1) is 5.41 Å². The molecule has 1 aromatic rings. The zero-order chi connectivity index (χ0) is 13.2. The number of methoxy groups -OCH3 is 1. The Morgan fingerprint density at radius 1 is 1.33 bits per heavy atom. The number of hydrogen-bond acceptors (Lipinski definition) is 2. The van der Waals surface area contributed by atoms with E-state index in [9.17, 15) is 0 Å². The summed E-state index contributed by atoms with van der Waals surface area (Å²) >= 11 is 3.58. The van der Waals surface area contributed by atoms with Crippen LogP contribution in [0.3, 0.4) is 0 Å². The normalized spacial score (nSPS) is 19.8. The van der Waals surface area contributed by atoms with E-state index in [1.165, 1.54) is 31.2 Å². The van der Waals surface area contributed by atoms with Crippen LogP contribution in [-0.4, -0.2) is 14.2 Å². The van der Waals surface area contributed by atoms with Gasteiger partial charge in [0.2, 0.25) is 0 Å². The van der Waals surface area contributed by atoms with Gasteiger partial charge in [0, 0.05) is 6.04 Å². The molecule has 1 saturated carbocycles. The molecule has 3 heteroatoms. The number of rotatable bonds is 4. The van der Waals surface area contributed by atoms with Gasteiger partial charge in [-0.25, -0.2) is 0 Å². The van der Waals surface area contributed by atoms with Crippen molar-refractivity contribution < 1.29 is 4.74 Å². The van der Waals surface area contributed by atoms with Crippen LogP contribution in [0.4, 0.5) is 0 Å². The van der Waals surface area contributed by atoms with Crippen LogP contribution < -0.4 is 10.1 Å². The second-order valence-electron chi connectivity index (χ2n) is 5.48. The molecule has 18 heavy (non-hydrogen) atoms.